The first-order chi connectivity index (χ1) is 11.1. The number of piperidine rings is 1. The van der Waals surface area contributed by atoms with Gasteiger partial charge in [0.15, 0.2) is 0 Å². The first-order valence-corrected chi connectivity index (χ1v) is 8.70. The zero-order chi connectivity index (χ0) is 16.2. The van der Waals surface area contributed by atoms with E-state index in [0.29, 0.717) is 32.0 Å². The maximum atomic E-state index is 12.5. The van der Waals surface area contributed by atoms with Crippen molar-refractivity contribution in [3.8, 4) is 0 Å². The summed E-state index contributed by atoms with van der Waals surface area (Å²) in [5.74, 6) is 0.225. The van der Waals surface area contributed by atoms with Crippen molar-refractivity contribution in [2.75, 3.05) is 32.7 Å². The highest BCUT2D eigenvalue weighted by molar-refractivity contribution is 5.89. The van der Waals surface area contributed by atoms with Gasteiger partial charge in [-0.1, -0.05) is 0 Å². The molecule has 7 heteroatoms. The van der Waals surface area contributed by atoms with Crippen molar-refractivity contribution in [1.29, 1.82) is 0 Å². The van der Waals surface area contributed by atoms with Gasteiger partial charge in [-0.15, -0.1) is 0 Å². The lowest BCUT2D eigenvalue weighted by molar-refractivity contribution is -0.137. The Kier molecular flexibility index (Phi) is 5.15. The van der Waals surface area contributed by atoms with Crippen LogP contribution >= 0.6 is 0 Å². The molecule has 3 fully saturated rings. The van der Waals surface area contributed by atoms with E-state index in [4.69, 9.17) is 0 Å². The summed E-state index contributed by atoms with van der Waals surface area (Å²) in [6.45, 7) is 3.45. The standard InChI is InChI=1S/C16H26N4O3/c21-14-7-12(9-18-14)16(23)20-6-2-3-11(10-20)8-19-15(22)13-4-1-5-17-13/h11-13,17H,1-10H2,(H,18,21)(H,19,22). The zero-order valence-electron chi connectivity index (χ0n) is 13.5. The highest BCUT2D eigenvalue weighted by Gasteiger charge is 2.33. The summed E-state index contributed by atoms with van der Waals surface area (Å²) in [6, 6.07) is -0.0492. The molecule has 0 aliphatic carbocycles. The topological polar surface area (TPSA) is 90.5 Å². The van der Waals surface area contributed by atoms with Gasteiger partial charge in [-0.3, -0.25) is 14.4 Å². The molecule has 0 aromatic rings. The van der Waals surface area contributed by atoms with Crippen LogP contribution in [-0.2, 0) is 14.4 Å². The van der Waals surface area contributed by atoms with E-state index in [1.54, 1.807) is 0 Å². The number of hydrogen-bond acceptors (Lipinski definition) is 4. The van der Waals surface area contributed by atoms with E-state index in [1.165, 1.54) is 0 Å². The van der Waals surface area contributed by atoms with Gasteiger partial charge in [0.1, 0.15) is 0 Å². The van der Waals surface area contributed by atoms with E-state index in [-0.39, 0.29) is 29.7 Å². The second-order valence-corrected chi connectivity index (χ2v) is 6.89. The Morgan fingerprint density at radius 2 is 2.13 bits per heavy atom. The Balaban J connectivity index is 1.45. The summed E-state index contributed by atoms with van der Waals surface area (Å²) in [5, 5.41) is 8.94. The van der Waals surface area contributed by atoms with Crippen LogP contribution in [0, 0.1) is 11.8 Å². The van der Waals surface area contributed by atoms with E-state index >= 15 is 0 Å². The predicted molar refractivity (Wildman–Crippen MR) is 84.5 cm³/mol. The normalized spacial score (nSPS) is 31.0. The van der Waals surface area contributed by atoms with Crippen molar-refractivity contribution in [3.63, 3.8) is 0 Å². The summed E-state index contributed by atoms with van der Waals surface area (Å²) in [5.41, 5.74) is 0. The number of rotatable bonds is 4. The Bertz CT molecular complexity index is 476. The van der Waals surface area contributed by atoms with Crippen LogP contribution in [0.3, 0.4) is 0 Å². The van der Waals surface area contributed by atoms with Crippen LogP contribution in [0.2, 0.25) is 0 Å². The third-order valence-corrected chi connectivity index (χ3v) is 5.10. The van der Waals surface area contributed by atoms with Crippen LogP contribution in [0.5, 0.6) is 0 Å². The molecule has 3 rings (SSSR count). The molecule has 3 amide bonds. The van der Waals surface area contributed by atoms with Crippen molar-refractivity contribution in [2.45, 2.75) is 38.1 Å². The van der Waals surface area contributed by atoms with Gasteiger partial charge in [-0.2, -0.15) is 0 Å². The molecular formula is C16H26N4O3. The molecule has 7 nitrogen and oxygen atoms in total. The van der Waals surface area contributed by atoms with Gasteiger partial charge in [0.2, 0.25) is 17.7 Å². The fraction of sp³-hybridized carbons (Fsp3) is 0.812. The maximum Gasteiger partial charge on any atom is 0.237 e. The molecular weight excluding hydrogens is 296 g/mol. The molecule has 3 saturated heterocycles. The number of likely N-dealkylation sites (tertiary alicyclic amines) is 1. The van der Waals surface area contributed by atoms with Gasteiger partial charge in [-0.05, 0) is 38.1 Å². The number of amides is 3. The lowest BCUT2D eigenvalue weighted by atomic mass is 9.96. The second kappa shape index (κ2) is 7.29. The molecule has 0 aromatic carbocycles. The minimum Gasteiger partial charge on any atom is -0.355 e. The van der Waals surface area contributed by atoms with Gasteiger partial charge in [0.25, 0.3) is 0 Å². The molecule has 3 aliphatic rings. The number of carbonyl (C=O) groups is 3. The van der Waals surface area contributed by atoms with Crippen LogP contribution in [0.25, 0.3) is 0 Å². The quantitative estimate of drug-likeness (QED) is 0.634. The summed E-state index contributed by atoms with van der Waals surface area (Å²) < 4.78 is 0. The highest BCUT2D eigenvalue weighted by atomic mass is 16.2. The Morgan fingerprint density at radius 3 is 2.83 bits per heavy atom. The fourth-order valence-corrected chi connectivity index (χ4v) is 3.75. The number of nitrogens with zero attached hydrogens (tertiary/aromatic N) is 1. The van der Waals surface area contributed by atoms with E-state index in [0.717, 1.165) is 38.8 Å². The van der Waals surface area contributed by atoms with E-state index < -0.39 is 0 Å². The molecule has 3 unspecified atom stereocenters. The van der Waals surface area contributed by atoms with Gasteiger partial charge < -0.3 is 20.9 Å². The number of nitrogens with one attached hydrogen (secondary N) is 3. The van der Waals surface area contributed by atoms with Gasteiger partial charge >= 0.3 is 0 Å². The molecule has 0 radical (unpaired) electrons. The molecule has 23 heavy (non-hydrogen) atoms. The number of carbonyl (C=O) groups excluding carboxylic acids is 3. The summed E-state index contributed by atoms with van der Waals surface area (Å²) in [6.07, 6.45) is 4.26. The van der Waals surface area contributed by atoms with Crippen LogP contribution in [0.15, 0.2) is 0 Å². The molecule has 0 saturated carbocycles. The fourth-order valence-electron chi connectivity index (χ4n) is 3.75. The van der Waals surface area contributed by atoms with Crippen LogP contribution in [0.4, 0.5) is 0 Å². The largest absolute Gasteiger partial charge is 0.355 e. The van der Waals surface area contributed by atoms with Gasteiger partial charge in [0, 0.05) is 32.6 Å². The SMILES string of the molecule is O=C1CC(C(=O)N2CCCC(CNC(=O)C3CCCN3)C2)CN1. The molecule has 3 heterocycles. The average molecular weight is 322 g/mol. The van der Waals surface area contributed by atoms with Crippen molar-refractivity contribution < 1.29 is 14.4 Å². The van der Waals surface area contributed by atoms with Crippen LogP contribution < -0.4 is 16.0 Å². The minimum atomic E-state index is -0.210. The van der Waals surface area contributed by atoms with E-state index in [1.807, 2.05) is 4.90 Å². The maximum absolute atomic E-state index is 12.5. The van der Waals surface area contributed by atoms with Crippen LogP contribution in [0.1, 0.15) is 32.1 Å². The van der Waals surface area contributed by atoms with Crippen LogP contribution in [-0.4, -0.2) is 61.4 Å². The molecule has 3 aliphatic heterocycles. The van der Waals surface area contributed by atoms with E-state index in [2.05, 4.69) is 16.0 Å². The Labute approximate surface area is 136 Å². The number of hydrogen-bond donors (Lipinski definition) is 3. The molecule has 0 bridgehead atoms. The zero-order valence-corrected chi connectivity index (χ0v) is 13.5. The Hall–Kier alpha value is -1.63. The second-order valence-electron chi connectivity index (χ2n) is 6.89. The van der Waals surface area contributed by atoms with Crippen molar-refractivity contribution in [3.05, 3.63) is 0 Å². The van der Waals surface area contributed by atoms with Crippen molar-refractivity contribution in [1.82, 2.24) is 20.9 Å². The third kappa shape index (κ3) is 4.02. The molecule has 3 N–H and O–H groups in total. The minimum absolute atomic E-state index is 0.0340. The smallest absolute Gasteiger partial charge is 0.237 e. The predicted octanol–water partition coefficient (Wildman–Crippen LogP) is -0.771. The third-order valence-electron chi connectivity index (χ3n) is 5.10. The summed E-state index contributed by atoms with van der Waals surface area (Å²) >= 11 is 0. The lowest BCUT2D eigenvalue weighted by Crippen LogP contribution is -2.48. The van der Waals surface area contributed by atoms with Gasteiger partial charge in [0.05, 0.1) is 12.0 Å². The Morgan fingerprint density at radius 1 is 1.26 bits per heavy atom. The first kappa shape index (κ1) is 16.2. The summed E-state index contributed by atoms with van der Waals surface area (Å²) in [7, 11) is 0. The molecule has 0 aromatic heterocycles. The average Bonchev–Trinajstić information content (AvgIpc) is 3.24. The van der Waals surface area contributed by atoms with Gasteiger partial charge in [-0.25, -0.2) is 0 Å². The van der Waals surface area contributed by atoms with Crippen molar-refractivity contribution >= 4 is 17.7 Å². The van der Waals surface area contributed by atoms with Crippen molar-refractivity contribution in [2.24, 2.45) is 11.8 Å². The molecule has 128 valence electrons. The molecule has 0 spiro atoms. The summed E-state index contributed by atoms with van der Waals surface area (Å²) in [4.78, 5) is 37.7. The lowest BCUT2D eigenvalue weighted by Gasteiger charge is -2.34. The first-order valence-electron chi connectivity index (χ1n) is 8.70. The highest BCUT2D eigenvalue weighted by Crippen LogP contribution is 2.20. The van der Waals surface area contributed by atoms with E-state index in [9.17, 15) is 14.4 Å². The molecule has 3 atom stereocenters. The monoisotopic (exact) mass is 322 g/mol.